The third kappa shape index (κ3) is 4.16. The number of fused-ring (bicyclic) bond motifs is 3. The molecule has 5 rings (SSSR count). The number of methoxy groups -OCH3 is 2. The maximum atomic E-state index is 5.70. The average Bonchev–Trinajstić information content (AvgIpc) is 3.36. The molecule has 2 aliphatic rings. The van der Waals surface area contributed by atoms with Gasteiger partial charge in [0.05, 0.1) is 0 Å². The summed E-state index contributed by atoms with van der Waals surface area (Å²) in [5.74, 6) is 1.77. The maximum Gasteiger partial charge on any atom is -1.00 e. The van der Waals surface area contributed by atoms with E-state index in [-0.39, 0.29) is 24.8 Å². The molecule has 0 saturated heterocycles. The topological polar surface area (TPSA) is 18.5 Å². The first-order chi connectivity index (χ1) is 14.3. The van der Waals surface area contributed by atoms with Crippen molar-refractivity contribution in [3.05, 3.63) is 98.9 Å². The zero-order valence-electron chi connectivity index (χ0n) is 17.4. The fourth-order valence-corrected chi connectivity index (χ4v) is 8.81. The molecule has 0 radical (unpaired) electrons. The molecule has 3 aromatic carbocycles. The largest absolute Gasteiger partial charge is 1.00 e. The van der Waals surface area contributed by atoms with Crippen LogP contribution >= 0.6 is 0 Å². The van der Waals surface area contributed by atoms with Gasteiger partial charge in [0.1, 0.15) is 0 Å². The van der Waals surface area contributed by atoms with Crippen LogP contribution in [0.5, 0.6) is 11.5 Å². The van der Waals surface area contributed by atoms with Gasteiger partial charge in [0.15, 0.2) is 0 Å². The average molecular weight is 529 g/mol. The molecule has 0 N–H and O–H groups in total. The Bertz CT molecular complexity index is 1090. The maximum absolute atomic E-state index is 5.70. The minimum absolute atomic E-state index is 0. The molecule has 5 heteroatoms. The van der Waals surface area contributed by atoms with Gasteiger partial charge in [0.25, 0.3) is 0 Å². The van der Waals surface area contributed by atoms with E-state index < -0.39 is 23.2 Å². The Balaban J connectivity index is 0.00000136. The van der Waals surface area contributed by atoms with Crippen LogP contribution in [0.2, 0.25) is 0 Å². The van der Waals surface area contributed by atoms with Crippen LogP contribution in [0.3, 0.4) is 0 Å². The zero-order chi connectivity index (χ0) is 19.8. The predicted molar refractivity (Wildman–Crippen MR) is 114 cm³/mol. The Morgan fingerprint density at radius 1 is 0.742 bits per heavy atom. The van der Waals surface area contributed by atoms with E-state index in [9.17, 15) is 0 Å². The molecule has 0 aliphatic heterocycles. The monoisotopic (exact) mass is 526 g/mol. The van der Waals surface area contributed by atoms with Crippen molar-refractivity contribution in [2.75, 3.05) is 14.2 Å². The molecule has 0 unspecified atom stereocenters. The smallest absolute Gasteiger partial charge is 1.00 e. The number of allylic oxidation sites excluding steroid dienone is 4. The number of benzene rings is 3. The van der Waals surface area contributed by atoms with Crippen molar-refractivity contribution < 1.29 is 57.5 Å². The summed E-state index contributed by atoms with van der Waals surface area (Å²) in [6.07, 6.45) is 5.61. The molecule has 0 atom stereocenters. The molecule has 0 aromatic heterocycles. The van der Waals surface area contributed by atoms with Crippen molar-refractivity contribution in [1.29, 1.82) is 0 Å². The molecule has 156 valence electrons. The normalized spacial score (nSPS) is 13.6. The van der Waals surface area contributed by atoms with Crippen LogP contribution in [0.25, 0.3) is 16.7 Å². The fraction of sp³-hybridized carbons (Fsp3) is 0.154. The van der Waals surface area contributed by atoms with E-state index in [0.717, 1.165) is 23.5 Å². The van der Waals surface area contributed by atoms with Crippen molar-refractivity contribution >= 4 is 5.57 Å². The Labute approximate surface area is 207 Å². The third-order valence-corrected chi connectivity index (χ3v) is 10.0. The Morgan fingerprint density at radius 2 is 1.29 bits per heavy atom. The molecule has 2 nitrogen and oxygen atoms in total. The van der Waals surface area contributed by atoms with Gasteiger partial charge in [-0.3, -0.25) is 0 Å². The number of ether oxygens (including phenoxy) is 2. The summed E-state index contributed by atoms with van der Waals surface area (Å²) in [5.41, 5.74) is 8.25. The summed E-state index contributed by atoms with van der Waals surface area (Å²) in [5, 5.41) is 0. The van der Waals surface area contributed by atoms with Crippen LogP contribution in [0.1, 0.15) is 26.7 Å². The van der Waals surface area contributed by atoms with E-state index in [2.05, 4.69) is 60.7 Å². The van der Waals surface area contributed by atoms with Gasteiger partial charge >= 0.3 is 184 Å². The molecule has 31 heavy (non-hydrogen) atoms. The van der Waals surface area contributed by atoms with Gasteiger partial charge in [-0.2, -0.15) is 0 Å². The molecule has 2 aliphatic carbocycles. The van der Waals surface area contributed by atoms with Gasteiger partial charge in [-0.25, -0.2) is 0 Å². The minimum Gasteiger partial charge on any atom is -1.00 e. The van der Waals surface area contributed by atoms with Crippen LogP contribution in [0, 0.1) is 0 Å². The summed E-state index contributed by atoms with van der Waals surface area (Å²) < 4.78 is 13.6. The number of halogens is 2. The summed E-state index contributed by atoms with van der Waals surface area (Å²) in [6, 6.07) is 23.9. The first kappa shape index (κ1) is 23.9. The second-order valence-electron chi connectivity index (χ2n) is 7.29. The van der Waals surface area contributed by atoms with E-state index in [1.54, 1.807) is 17.5 Å². The molecular weight excluding hydrogens is 506 g/mol. The van der Waals surface area contributed by atoms with Gasteiger partial charge < -0.3 is 24.8 Å². The molecule has 0 amide bonds. The number of hydrogen-bond acceptors (Lipinski definition) is 2. The zero-order valence-corrected chi connectivity index (χ0v) is 21.3. The number of hydrogen-bond donors (Lipinski definition) is 0. The van der Waals surface area contributed by atoms with Crippen LogP contribution in [0.15, 0.2) is 82.2 Å². The van der Waals surface area contributed by atoms with Crippen molar-refractivity contribution in [1.82, 2.24) is 0 Å². The van der Waals surface area contributed by atoms with Crippen LogP contribution in [0.4, 0.5) is 0 Å². The fourth-order valence-electron chi connectivity index (χ4n) is 4.48. The van der Waals surface area contributed by atoms with Gasteiger partial charge in [-0.05, 0) is 0 Å². The minimum atomic E-state index is -0.940. The molecule has 3 aromatic rings. The van der Waals surface area contributed by atoms with E-state index in [0.29, 0.717) is 3.63 Å². The Hall–Kier alpha value is -1.80. The quantitative estimate of drug-likeness (QED) is 0.473. The molecule has 0 fully saturated rings. The predicted octanol–water partition coefficient (Wildman–Crippen LogP) is 0.235. The van der Waals surface area contributed by atoms with E-state index in [1.807, 2.05) is 18.2 Å². The Morgan fingerprint density at radius 3 is 1.84 bits per heavy atom. The van der Waals surface area contributed by atoms with Crippen LogP contribution < -0.4 is 34.3 Å². The van der Waals surface area contributed by atoms with Crippen molar-refractivity contribution in [3.8, 4) is 22.6 Å². The molecule has 0 heterocycles. The third-order valence-electron chi connectivity index (χ3n) is 5.78. The first-order valence-electron chi connectivity index (χ1n) is 9.87. The Kier molecular flexibility index (Phi) is 7.86. The van der Waals surface area contributed by atoms with Crippen molar-refractivity contribution in [3.63, 3.8) is 0 Å². The summed E-state index contributed by atoms with van der Waals surface area (Å²) in [4.78, 5) is 0. The van der Waals surface area contributed by atoms with Crippen molar-refractivity contribution in [2.45, 2.75) is 10.0 Å². The van der Waals surface area contributed by atoms with E-state index >= 15 is 0 Å². The van der Waals surface area contributed by atoms with Gasteiger partial charge in [0, 0.05) is 0 Å². The van der Waals surface area contributed by atoms with Crippen LogP contribution in [-0.2, 0) is 23.2 Å². The summed E-state index contributed by atoms with van der Waals surface area (Å²) in [7, 11) is 3.47. The number of rotatable bonds is 5. The second-order valence-corrected chi connectivity index (χ2v) is 10.9. The second kappa shape index (κ2) is 10.2. The molecule has 0 bridgehead atoms. The standard InChI is InChI=1S/C13H13O2.C13H9.2ClH.Zr/c1-14-11-8-5-9-12(15-2)13(11)10-6-3-4-7-10;1-3-7-12-10(5-1)9-11-6-2-4-8-13(11)12;;;/h3,5-6,8-9H,4H2,1-2H3;1-9H;2*1H;/q;;;;+2/p-2. The first-order valence-corrected chi connectivity index (χ1v) is 12.5. The van der Waals surface area contributed by atoms with E-state index in [4.69, 9.17) is 9.47 Å². The molecule has 0 spiro atoms. The van der Waals surface area contributed by atoms with Crippen LogP contribution in [-0.4, -0.2) is 14.2 Å². The molecular formula is C26H22Cl2O2Zr. The van der Waals surface area contributed by atoms with Gasteiger partial charge in [-0.15, -0.1) is 0 Å². The van der Waals surface area contributed by atoms with Gasteiger partial charge in [0.2, 0.25) is 0 Å². The molecule has 0 saturated carbocycles. The summed E-state index contributed by atoms with van der Waals surface area (Å²) in [6.45, 7) is 0. The van der Waals surface area contributed by atoms with Gasteiger partial charge in [-0.1, -0.05) is 0 Å². The van der Waals surface area contributed by atoms with Crippen molar-refractivity contribution in [2.24, 2.45) is 0 Å². The summed E-state index contributed by atoms with van der Waals surface area (Å²) >= 11 is -0.940. The SMILES string of the molecule is COc1cccc(OC)c1C1=[C]([Zr+2][CH]2c3ccccc3-c3ccccc32)CC=C1.[Cl-].[Cl-]. The van der Waals surface area contributed by atoms with E-state index in [1.165, 1.54) is 27.8 Å².